The van der Waals surface area contributed by atoms with Gasteiger partial charge in [0.2, 0.25) is 17.7 Å². The number of carboxylic acid groups (broad SMARTS) is 1. The number of nitrogens with two attached hydrogens (primary N) is 1. The van der Waals surface area contributed by atoms with Crippen LogP contribution in [-0.4, -0.2) is 74.5 Å². The summed E-state index contributed by atoms with van der Waals surface area (Å²) in [6, 6.07) is 18.9. The Morgan fingerprint density at radius 3 is 2.24 bits per heavy atom. The molecule has 0 aliphatic carbocycles. The summed E-state index contributed by atoms with van der Waals surface area (Å²) < 4.78 is 0. The van der Waals surface area contributed by atoms with Crippen molar-refractivity contribution >= 4 is 34.6 Å². The molecule has 0 spiro atoms. The molecule has 4 aromatic rings. The monoisotopic (exact) mass is 611 g/mol. The van der Waals surface area contributed by atoms with Gasteiger partial charge in [-0.3, -0.25) is 14.4 Å². The normalized spacial score (nSPS) is 16.6. The highest BCUT2D eigenvalue weighted by Crippen LogP contribution is 2.23. The largest absolute Gasteiger partial charge is 0.508 e. The van der Waals surface area contributed by atoms with Gasteiger partial charge in [0.25, 0.3) is 0 Å². The van der Waals surface area contributed by atoms with Crippen molar-refractivity contribution in [3.05, 3.63) is 102 Å². The maximum atomic E-state index is 14.0. The number of fused-ring (bicyclic) bond motifs is 1. The Labute approximate surface area is 260 Å². The number of para-hydroxylation sites is 1. The highest BCUT2D eigenvalue weighted by molar-refractivity contribution is 5.95. The van der Waals surface area contributed by atoms with E-state index in [0.29, 0.717) is 18.4 Å². The third-order valence-electron chi connectivity index (χ3n) is 8.18. The quantitative estimate of drug-likeness (QED) is 0.142. The number of likely N-dealkylation sites (tertiary alicyclic amines) is 1. The maximum Gasteiger partial charge on any atom is 0.326 e. The Hall–Kier alpha value is -5.16. The minimum Gasteiger partial charge on any atom is -0.508 e. The third-order valence-corrected chi connectivity index (χ3v) is 8.18. The van der Waals surface area contributed by atoms with E-state index in [2.05, 4.69) is 15.6 Å². The number of carbonyl (C=O) groups is 4. The minimum atomic E-state index is -1.11. The molecule has 2 heterocycles. The number of aromatic hydroxyl groups is 1. The van der Waals surface area contributed by atoms with E-state index in [4.69, 9.17) is 5.73 Å². The molecule has 1 aliphatic rings. The summed E-state index contributed by atoms with van der Waals surface area (Å²) >= 11 is 0. The number of aromatic amines is 1. The summed E-state index contributed by atoms with van der Waals surface area (Å²) in [7, 11) is 0. The molecule has 1 aromatic heterocycles. The molecule has 1 saturated heterocycles. The maximum absolute atomic E-state index is 14.0. The van der Waals surface area contributed by atoms with Crippen LogP contribution in [0.15, 0.2) is 85.1 Å². The molecule has 7 N–H and O–H groups in total. The molecule has 4 atom stereocenters. The summed E-state index contributed by atoms with van der Waals surface area (Å²) in [5, 5.41) is 26.0. The van der Waals surface area contributed by atoms with E-state index in [-0.39, 0.29) is 31.6 Å². The molecule has 0 saturated carbocycles. The Kier molecular flexibility index (Phi) is 9.79. The van der Waals surface area contributed by atoms with Crippen LogP contribution in [0.3, 0.4) is 0 Å². The molecule has 11 nitrogen and oxygen atoms in total. The molecular formula is C34H37N5O6. The van der Waals surface area contributed by atoms with E-state index in [1.165, 1.54) is 17.0 Å². The van der Waals surface area contributed by atoms with Crippen LogP contribution in [-0.2, 0) is 38.4 Å². The van der Waals surface area contributed by atoms with E-state index in [1.807, 2.05) is 54.6 Å². The van der Waals surface area contributed by atoms with Crippen molar-refractivity contribution in [2.24, 2.45) is 5.73 Å². The first-order valence-corrected chi connectivity index (χ1v) is 15.0. The van der Waals surface area contributed by atoms with Gasteiger partial charge in [-0.25, -0.2) is 4.79 Å². The van der Waals surface area contributed by atoms with Gasteiger partial charge < -0.3 is 36.5 Å². The van der Waals surface area contributed by atoms with Crippen LogP contribution in [0.5, 0.6) is 5.75 Å². The lowest BCUT2D eigenvalue weighted by molar-refractivity contribution is -0.149. The number of phenolic OH excluding ortho intramolecular Hbond substituents is 1. The fourth-order valence-corrected chi connectivity index (χ4v) is 5.80. The molecular weight excluding hydrogens is 574 g/mol. The molecule has 234 valence electrons. The van der Waals surface area contributed by atoms with Gasteiger partial charge in [0, 0.05) is 36.5 Å². The van der Waals surface area contributed by atoms with Gasteiger partial charge in [-0.05, 0) is 54.2 Å². The predicted molar refractivity (Wildman–Crippen MR) is 168 cm³/mol. The van der Waals surface area contributed by atoms with Gasteiger partial charge in [0.1, 0.15) is 23.9 Å². The van der Waals surface area contributed by atoms with E-state index in [1.54, 1.807) is 18.3 Å². The van der Waals surface area contributed by atoms with Crippen molar-refractivity contribution in [1.29, 1.82) is 0 Å². The average molecular weight is 612 g/mol. The standard InChI is InChI=1S/C34H37N5O6/c35-26(17-21-7-2-1-3-8-21)31(41)37-28(18-22-12-14-24(40)15-13-22)32(42)38-29(33(43)39-16-6-11-30(39)34(44)45)19-23-20-36-27-10-5-4-9-25(23)27/h1-5,7-10,12-15,20,26,28-30,36,40H,6,11,16-19,35H2,(H,37,41)(H,38,42)(H,44,45). The van der Waals surface area contributed by atoms with Crippen LogP contribution < -0.4 is 16.4 Å². The SMILES string of the molecule is NC(Cc1ccccc1)C(=O)NC(Cc1ccc(O)cc1)C(=O)NC(Cc1c[nH]c2ccccc12)C(=O)N1CCCC1C(=O)O. The molecule has 5 rings (SSSR count). The number of carboxylic acids is 1. The summed E-state index contributed by atoms with van der Waals surface area (Å²) in [6.07, 6.45) is 3.06. The van der Waals surface area contributed by atoms with Gasteiger partial charge in [-0.15, -0.1) is 0 Å². The summed E-state index contributed by atoms with van der Waals surface area (Å²) in [5.74, 6) is -2.70. The molecule has 45 heavy (non-hydrogen) atoms. The van der Waals surface area contributed by atoms with Crippen LogP contribution in [0.2, 0.25) is 0 Å². The smallest absolute Gasteiger partial charge is 0.326 e. The van der Waals surface area contributed by atoms with Crippen LogP contribution in [0.4, 0.5) is 0 Å². The number of benzene rings is 3. The van der Waals surface area contributed by atoms with Crippen molar-refractivity contribution in [1.82, 2.24) is 20.5 Å². The van der Waals surface area contributed by atoms with Gasteiger partial charge in [0.05, 0.1) is 6.04 Å². The summed E-state index contributed by atoms with van der Waals surface area (Å²) in [4.78, 5) is 57.6. The summed E-state index contributed by atoms with van der Waals surface area (Å²) in [6.45, 7) is 0.262. The predicted octanol–water partition coefficient (Wildman–Crippen LogP) is 2.27. The topological polar surface area (TPSA) is 178 Å². The zero-order chi connectivity index (χ0) is 31.9. The van der Waals surface area contributed by atoms with Crippen molar-refractivity contribution in [3.8, 4) is 5.75 Å². The van der Waals surface area contributed by atoms with Crippen molar-refractivity contribution in [2.45, 2.75) is 56.3 Å². The van der Waals surface area contributed by atoms with Crippen LogP contribution in [0.25, 0.3) is 10.9 Å². The van der Waals surface area contributed by atoms with E-state index in [9.17, 15) is 29.4 Å². The second-order valence-corrected chi connectivity index (χ2v) is 11.4. The lowest BCUT2D eigenvalue weighted by Gasteiger charge is -2.29. The third kappa shape index (κ3) is 7.68. The van der Waals surface area contributed by atoms with E-state index >= 15 is 0 Å². The summed E-state index contributed by atoms with van der Waals surface area (Å²) in [5.41, 5.74) is 9.40. The van der Waals surface area contributed by atoms with Crippen molar-refractivity contribution in [3.63, 3.8) is 0 Å². The van der Waals surface area contributed by atoms with Crippen molar-refractivity contribution < 1.29 is 29.4 Å². The Balaban J connectivity index is 1.40. The number of aromatic nitrogens is 1. The zero-order valence-corrected chi connectivity index (χ0v) is 24.7. The molecule has 0 bridgehead atoms. The van der Waals surface area contributed by atoms with Gasteiger partial charge in [-0.1, -0.05) is 60.7 Å². The van der Waals surface area contributed by atoms with Crippen LogP contribution in [0, 0.1) is 0 Å². The number of aliphatic carboxylic acids is 1. The number of amides is 3. The first kappa shape index (κ1) is 31.3. The fraction of sp³-hybridized carbons (Fsp3) is 0.294. The number of rotatable bonds is 12. The lowest BCUT2D eigenvalue weighted by atomic mass is 10.0. The first-order chi connectivity index (χ1) is 21.7. The van der Waals surface area contributed by atoms with Crippen LogP contribution in [0.1, 0.15) is 29.5 Å². The highest BCUT2D eigenvalue weighted by Gasteiger charge is 2.38. The van der Waals surface area contributed by atoms with Gasteiger partial charge >= 0.3 is 5.97 Å². The molecule has 0 radical (unpaired) electrons. The molecule has 1 fully saturated rings. The number of H-pyrrole nitrogens is 1. The van der Waals surface area contributed by atoms with E-state index < -0.39 is 47.9 Å². The number of hydrogen-bond acceptors (Lipinski definition) is 6. The van der Waals surface area contributed by atoms with Crippen molar-refractivity contribution in [2.75, 3.05) is 6.54 Å². The van der Waals surface area contributed by atoms with Gasteiger partial charge in [0.15, 0.2) is 0 Å². The van der Waals surface area contributed by atoms with E-state index in [0.717, 1.165) is 22.0 Å². The molecule has 11 heteroatoms. The number of phenols is 1. The number of hydrogen-bond donors (Lipinski definition) is 6. The first-order valence-electron chi connectivity index (χ1n) is 15.0. The molecule has 3 aromatic carbocycles. The molecule has 4 unspecified atom stereocenters. The number of nitrogens with zero attached hydrogens (tertiary/aromatic N) is 1. The number of carbonyl (C=O) groups excluding carboxylic acids is 3. The second-order valence-electron chi connectivity index (χ2n) is 11.4. The number of nitrogens with one attached hydrogen (secondary N) is 3. The minimum absolute atomic E-state index is 0.0525. The molecule has 3 amide bonds. The second kappa shape index (κ2) is 14.1. The Morgan fingerprint density at radius 2 is 1.51 bits per heavy atom. The molecule has 1 aliphatic heterocycles. The zero-order valence-electron chi connectivity index (χ0n) is 24.7. The average Bonchev–Trinajstić information content (AvgIpc) is 3.69. The Morgan fingerprint density at radius 1 is 0.844 bits per heavy atom. The lowest BCUT2D eigenvalue weighted by Crippen LogP contribution is -2.58. The highest BCUT2D eigenvalue weighted by atomic mass is 16.4. The van der Waals surface area contributed by atoms with Crippen LogP contribution >= 0.6 is 0 Å². The van der Waals surface area contributed by atoms with Gasteiger partial charge in [-0.2, -0.15) is 0 Å². The Bertz CT molecular complexity index is 1650. The fourth-order valence-electron chi connectivity index (χ4n) is 5.80.